The van der Waals surface area contributed by atoms with Crippen molar-refractivity contribution in [2.24, 2.45) is 0 Å². The summed E-state index contributed by atoms with van der Waals surface area (Å²) in [7, 11) is 0. The zero-order valence-electron chi connectivity index (χ0n) is 23.1. The van der Waals surface area contributed by atoms with Crippen LogP contribution in [0, 0.1) is 0 Å². The summed E-state index contributed by atoms with van der Waals surface area (Å²) in [6.45, 7) is 0. The van der Waals surface area contributed by atoms with Crippen LogP contribution in [0.5, 0.6) is 0 Å². The van der Waals surface area contributed by atoms with Crippen molar-refractivity contribution in [1.29, 1.82) is 0 Å². The molecular formula is C39H24N4. The standard InChI is InChI=1S/C39H24N4/c1-2-10-26(11-3-1)33-14-8-16-37(40-33)43-36-15-7-6-13-32(36)38-39(43)42-34-22-20-28(24-35(34)41-38)27-19-21-31-29(23-27)18-17-25-9-4-5-12-30(25)31/h1-24H. The Hall–Kier alpha value is -5.87. The second-order valence-electron chi connectivity index (χ2n) is 10.9. The smallest absolute Gasteiger partial charge is 0.166 e. The van der Waals surface area contributed by atoms with Crippen molar-refractivity contribution in [2.75, 3.05) is 0 Å². The van der Waals surface area contributed by atoms with Crippen LogP contribution in [-0.4, -0.2) is 19.5 Å². The van der Waals surface area contributed by atoms with Gasteiger partial charge in [-0.3, -0.25) is 4.57 Å². The van der Waals surface area contributed by atoms with E-state index in [9.17, 15) is 0 Å². The molecule has 0 radical (unpaired) electrons. The maximum absolute atomic E-state index is 5.21. The van der Waals surface area contributed by atoms with Gasteiger partial charge < -0.3 is 0 Å². The van der Waals surface area contributed by atoms with E-state index in [2.05, 4.69) is 120 Å². The second-order valence-corrected chi connectivity index (χ2v) is 10.9. The van der Waals surface area contributed by atoms with Gasteiger partial charge in [-0.2, -0.15) is 0 Å². The minimum Gasteiger partial charge on any atom is -0.276 e. The normalized spacial score (nSPS) is 11.7. The summed E-state index contributed by atoms with van der Waals surface area (Å²) < 4.78 is 2.13. The van der Waals surface area contributed by atoms with E-state index in [0.29, 0.717) is 0 Å². The molecule has 43 heavy (non-hydrogen) atoms. The lowest BCUT2D eigenvalue weighted by Crippen LogP contribution is -2.00. The molecule has 0 unspecified atom stereocenters. The van der Waals surface area contributed by atoms with Gasteiger partial charge in [0, 0.05) is 10.9 Å². The Morgan fingerprint density at radius 1 is 0.419 bits per heavy atom. The molecule has 3 aromatic heterocycles. The monoisotopic (exact) mass is 548 g/mol. The number of benzene rings is 6. The van der Waals surface area contributed by atoms with E-state index in [-0.39, 0.29) is 0 Å². The number of rotatable bonds is 3. The number of hydrogen-bond acceptors (Lipinski definition) is 3. The maximum atomic E-state index is 5.21. The molecule has 0 saturated carbocycles. The highest BCUT2D eigenvalue weighted by Gasteiger charge is 2.17. The molecule has 4 heteroatoms. The predicted octanol–water partition coefficient (Wildman–Crippen LogP) is 9.76. The molecule has 9 rings (SSSR count). The molecule has 0 amide bonds. The molecular weight excluding hydrogens is 524 g/mol. The SMILES string of the molecule is c1ccc(-c2cccc(-n3c4ccccc4c4nc5cc(-c6ccc7c(ccc8ccccc87)c6)ccc5nc43)n2)cc1. The molecule has 200 valence electrons. The molecule has 9 aromatic rings. The molecule has 0 atom stereocenters. The van der Waals surface area contributed by atoms with Crippen LogP contribution in [0.4, 0.5) is 0 Å². The molecule has 0 saturated heterocycles. The van der Waals surface area contributed by atoms with Gasteiger partial charge in [0.15, 0.2) is 5.65 Å². The molecule has 0 spiro atoms. The lowest BCUT2D eigenvalue weighted by atomic mass is 9.97. The summed E-state index contributed by atoms with van der Waals surface area (Å²) in [5, 5.41) is 6.09. The van der Waals surface area contributed by atoms with Crippen molar-refractivity contribution in [2.45, 2.75) is 0 Å². The average Bonchev–Trinajstić information content (AvgIpc) is 3.40. The van der Waals surface area contributed by atoms with Gasteiger partial charge in [-0.25, -0.2) is 15.0 Å². The lowest BCUT2D eigenvalue weighted by molar-refractivity contribution is 1.06. The Balaban J connectivity index is 1.21. The Labute approximate surface area is 247 Å². The Morgan fingerprint density at radius 3 is 2.09 bits per heavy atom. The Kier molecular flexibility index (Phi) is 5.16. The molecule has 0 aliphatic carbocycles. The fourth-order valence-corrected chi connectivity index (χ4v) is 6.29. The van der Waals surface area contributed by atoms with E-state index in [1.165, 1.54) is 21.5 Å². The van der Waals surface area contributed by atoms with Crippen molar-refractivity contribution in [3.63, 3.8) is 0 Å². The van der Waals surface area contributed by atoms with Gasteiger partial charge in [-0.05, 0) is 69.1 Å². The number of pyridine rings is 1. The van der Waals surface area contributed by atoms with E-state index in [1.54, 1.807) is 0 Å². The quantitative estimate of drug-likeness (QED) is 0.206. The van der Waals surface area contributed by atoms with Crippen LogP contribution in [0.2, 0.25) is 0 Å². The molecule has 0 N–H and O–H groups in total. The minimum absolute atomic E-state index is 0.803. The van der Waals surface area contributed by atoms with Gasteiger partial charge >= 0.3 is 0 Å². The number of nitrogens with zero attached hydrogens (tertiary/aromatic N) is 4. The van der Waals surface area contributed by atoms with Crippen LogP contribution in [0.25, 0.3) is 82.8 Å². The minimum atomic E-state index is 0.803. The number of aromatic nitrogens is 4. The number of para-hydroxylation sites is 1. The largest absolute Gasteiger partial charge is 0.276 e. The third kappa shape index (κ3) is 3.81. The van der Waals surface area contributed by atoms with Crippen LogP contribution in [0.3, 0.4) is 0 Å². The molecule has 0 bridgehead atoms. The molecule has 0 fully saturated rings. The van der Waals surface area contributed by atoms with Crippen LogP contribution in [0.15, 0.2) is 146 Å². The number of fused-ring (bicyclic) bond motifs is 7. The highest BCUT2D eigenvalue weighted by Crippen LogP contribution is 2.34. The molecule has 0 aliphatic heterocycles. The summed E-state index contributed by atoms with van der Waals surface area (Å²) in [6, 6.07) is 50.8. The highest BCUT2D eigenvalue weighted by molar-refractivity contribution is 6.09. The van der Waals surface area contributed by atoms with Gasteiger partial charge in [0.05, 0.1) is 22.2 Å². The highest BCUT2D eigenvalue weighted by atomic mass is 15.1. The van der Waals surface area contributed by atoms with Crippen LogP contribution in [-0.2, 0) is 0 Å². The Morgan fingerprint density at radius 2 is 1.16 bits per heavy atom. The third-order valence-electron chi connectivity index (χ3n) is 8.37. The first-order chi connectivity index (χ1) is 21.3. The zero-order valence-corrected chi connectivity index (χ0v) is 23.1. The fourth-order valence-electron chi connectivity index (χ4n) is 6.29. The van der Waals surface area contributed by atoms with Crippen LogP contribution < -0.4 is 0 Å². The van der Waals surface area contributed by atoms with E-state index in [0.717, 1.165) is 61.3 Å². The first-order valence-electron chi connectivity index (χ1n) is 14.5. The first-order valence-corrected chi connectivity index (χ1v) is 14.5. The van der Waals surface area contributed by atoms with Gasteiger partial charge in [-0.1, -0.05) is 109 Å². The van der Waals surface area contributed by atoms with Crippen molar-refractivity contribution in [3.8, 4) is 28.2 Å². The van der Waals surface area contributed by atoms with Gasteiger partial charge in [-0.15, -0.1) is 0 Å². The van der Waals surface area contributed by atoms with Crippen molar-refractivity contribution >= 4 is 54.6 Å². The van der Waals surface area contributed by atoms with Gasteiger partial charge in [0.1, 0.15) is 11.3 Å². The third-order valence-corrected chi connectivity index (χ3v) is 8.37. The molecule has 6 aromatic carbocycles. The van der Waals surface area contributed by atoms with E-state index in [1.807, 2.05) is 30.3 Å². The van der Waals surface area contributed by atoms with Gasteiger partial charge in [0.25, 0.3) is 0 Å². The van der Waals surface area contributed by atoms with E-state index in [4.69, 9.17) is 15.0 Å². The average molecular weight is 549 g/mol. The van der Waals surface area contributed by atoms with Crippen molar-refractivity contribution in [3.05, 3.63) is 146 Å². The van der Waals surface area contributed by atoms with Crippen molar-refractivity contribution in [1.82, 2.24) is 19.5 Å². The zero-order chi connectivity index (χ0) is 28.3. The Bertz CT molecular complexity index is 2510. The fraction of sp³-hybridized carbons (Fsp3) is 0. The first kappa shape index (κ1) is 23.8. The van der Waals surface area contributed by atoms with Gasteiger partial charge in [0.2, 0.25) is 0 Å². The van der Waals surface area contributed by atoms with Crippen LogP contribution in [0.1, 0.15) is 0 Å². The molecule has 3 heterocycles. The summed E-state index contributed by atoms with van der Waals surface area (Å²) in [5.41, 5.74) is 8.72. The number of hydrogen-bond donors (Lipinski definition) is 0. The van der Waals surface area contributed by atoms with Crippen molar-refractivity contribution < 1.29 is 0 Å². The molecule has 4 nitrogen and oxygen atoms in total. The van der Waals surface area contributed by atoms with E-state index < -0.39 is 0 Å². The summed E-state index contributed by atoms with van der Waals surface area (Å²) in [5.74, 6) is 0.821. The molecule has 0 aliphatic rings. The topological polar surface area (TPSA) is 43.6 Å². The second kappa shape index (κ2) is 9.33. The van der Waals surface area contributed by atoms with E-state index >= 15 is 0 Å². The predicted molar refractivity (Wildman–Crippen MR) is 178 cm³/mol. The lowest BCUT2D eigenvalue weighted by Gasteiger charge is -2.09. The summed E-state index contributed by atoms with van der Waals surface area (Å²) in [4.78, 5) is 15.4. The maximum Gasteiger partial charge on any atom is 0.166 e. The summed E-state index contributed by atoms with van der Waals surface area (Å²) >= 11 is 0. The van der Waals surface area contributed by atoms with Crippen LogP contribution >= 0.6 is 0 Å². The summed E-state index contributed by atoms with van der Waals surface area (Å²) in [6.07, 6.45) is 0.